The van der Waals surface area contributed by atoms with Crippen LogP contribution in [0.15, 0.2) is 36.5 Å². The number of sulfonamides is 1. The molecule has 8 heteroatoms. The van der Waals surface area contributed by atoms with Crippen LogP contribution in [0.2, 0.25) is 5.02 Å². The van der Waals surface area contributed by atoms with Crippen molar-refractivity contribution < 1.29 is 8.42 Å². The van der Waals surface area contributed by atoms with Gasteiger partial charge in [-0.15, -0.1) is 0 Å². The van der Waals surface area contributed by atoms with E-state index in [1.165, 1.54) is 6.42 Å². The molecule has 0 radical (unpaired) electrons. The van der Waals surface area contributed by atoms with Gasteiger partial charge in [-0.25, -0.2) is 23.1 Å². The van der Waals surface area contributed by atoms with E-state index in [1.54, 1.807) is 36.5 Å². The van der Waals surface area contributed by atoms with Crippen LogP contribution >= 0.6 is 11.6 Å². The van der Waals surface area contributed by atoms with Gasteiger partial charge in [0.1, 0.15) is 0 Å². The topological polar surface area (TPSA) is 75.2 Å². The van der Waals surface area contributed by atoms with Gasteiger partial charge in [0, 0.05) is 24.3 Å². The molecule has 2 aromatic rings. The summed E-state index contributed by atoms with van der Waals surface area (Å²) in [4.78, 5) is 10.9. The Kier molecular flexibility index (Phi) is 5.88. The Morgan fingerprint density at radius 3 is 2.72 bits per heavy atom. The average Bonchev–Trinajstić information content (AvgIpc) is 2.61. The fourth-order valence-electron chi connectivity index (χ4n) is 2.81. The van der Waals surface area contributed by atoms with Crippen molar-refractivity contribution in [3.05, 3.63) is 52.8 Å². The maximum absolute atomic E-state index is 12.3. The van der Waals surface area contributed by atoms with E-state index in [4.69, 9.17) is 11.6 Å². The van der Waals surface area contributed by atoms with Gasteiger partial charge in [0.25, 0.3) is 0 Å². The highest BCUT2D eigenvalue weighted by Gasteiger charge is 2.15. The van der Waals surface area contributed by atoms with Crippen molar-refractivity contribution in [3.63, 3.8) is 0 Å². The van der Waals surface area contributed by atoms with Crippen LogP contribution < -0.4 is 9.62 Å². The summed E-state index contributed by atoms with van der Waals surface area (Å²) in [5.41, 5.74) is 1.31. The first-order valence-electron chi connectivity index (χ1n) is 8.30. The van der Waals surface area contributed by atoms with Crippen LogP contribution in [0, 0.1) is 0 Å². The molecule has 1 aromatic carbocycles. The standard InChI is InChI=1S/C17H21ClN4O2S/c18-15-6-4-5-14(11-15)13-25(23,24)20-12-16-7-8-19-17(21-16)22-9-2-1-3-10-22/h4-8,11,20H,1-3,9-10,12-13H2. The summed E-state index contributed by atoms with van der Waals surface area (Å²) >= 11 is 5.90. The molecule has 1 fully saturated rings. The minimum atomic E-state index is -3.47. The molecule has 6 nitrogen and oxygen atoms in total. The van der Waals surface area contributed by atoms with Crippen LogP contribution in [0.25, 0.3) is 0 Å². The molecular formula is C17H21ClN4O2S. The number of piperidine rings is 1. The maximum Gasteiger partial charge on any atom is 0.225 e. The van der Waals surface area contributed by atoms with Gasteiger partial charge < -0.3 is 4.90 Å². The average molecular weight is 381 g/mol. The number of hydrogen-bond donors (Lipinski definition) is 1. The summed E-state index contributed by atoms with van der Waals surface area (Å²) < 4.78 is 27.1. The zero-order valence-electron chi connectivity index (χ0n) is 13.9. The molecule has 0 amide bonds. The van der Waals surface area contributed by atoms with Crippen LogP contribution in [-0.2, 0) is 22.3 Å². The molecule has 134 valence electrons. The lowest BCUT2D eigenvalue weighted by atomic mass is 10.1. The molecule has 0 bridgehead atoms. The lowest BCUT2D eigenvalue weighted by Crippen LogP contribution is -2.31. The highest BCUT2D eigenvalue weighted by atomic mass is 35.5. The Hall–Kier alpha value is -1.70. The predicted molar refractivity (Wildman–Crippen MR) is 99.0 cm³/mol. The van der Waals surface area contributed by atoms with Gasteiger partial charge in [0.05, 0.1) is 18.0 Å². The quantitative estimate of drug-likeness (QED) is 0.833. The molecule has 1 N–H and O–H groups in total. The molecule has 0 aliphatic carbocycles. The Balaban J connectivity index is 1.62. The van der Waals surface area contributed by atoms with Gasteiger partial charge in [-0.3, -0.25) is 0 Å². The number of nitrogens with zero attached hydrogens (tertiary/aromatic N) is 3. The minimum Gasteiger partial charge on any atom is -0.341 e. The molecule has 25 heavy (non-hydrogen) atoms. The Morgan fingerprint density at radius 1 is 1.16 bits per heavy atom. The number of anilines is 1. The van der Waals surface area contributed by atoms with E-state index in [1.807, 2.05) is 0 Å². The molecular weight excluding hydrogens is 360 g/mol. The van der Waals surface area contributed by atoms with Crippen LogP contribution in [0.4, 0.5) is 5.95 Å². The van der Waals surface area contributed by atoms with E-state index in [9.17, 15) is 8.42 Å². The largest absolute Gasteiger partial charge is 0.341 e. The van der Waals surface area contributed by atoms with Crippen LogP contribution in [0.3, 0.4) is 0 Å². The summed E-state index contributed by atoms with van der Waals surface area (Å²) in [6.45, 7) is 2.04. The molecule has 0 saturated carbocycles. The fraction of sp³-hybridized carbons (Fsp3) is 0.412. The Morgan fingerprint density at radius 2 is 1.96 bits per heavy atom. The molecule has 1 saturated heterocycles. The highest BCUT2D eigenvalue weighted by molar-refractivity contribution is 7.88. The number of benzene rings is 1. The van der Waals surface area contributed by atoms with Crippen LogP contribution in [-0.4, -0.2) is 31.5 Å². The summed E-state index contributed by atoms with van der Waals surface area (Å²) in [6, 6.07) is 8.58. The molecule has 0 unspecified atom stereocenters. The lowest BCUT2D eigenvalue weighted by Gasteiger charge is -2.26. The van der Waals surface area contributed by atoms with Gasteiger partial charge in [-0.2, -0.15) is 0 Å². The van der Waals surface area contributed by atoms with E-state index in [0.29, 0.717) is 22.2 Å². The SMILES string of the molecule is O=S(=O)(Cc1cccc(Cl)c1)NCc1ccnc(N2CCCCC2)n1. The third-order valence-electron chi connectivity index (χ3n) is 4.06. The molecule has 3 rings (SSSR count). The fourth-order valence-corrected chi connectivity index (χ4v) is 4.11. The zero-order chi connectivity index (χ0) is 17.7. The first kappa shape index (κ1) is 18.1. The van der Waals surface area contributed by atoms with E-state index in [0.717, 1.165) is 25.9 Å². The first-order valence-corrected chi connectivity index (χ1v) is 10.3. The monoisotopic (exact) mass is 380 g/mol. The lowest BCUT2D eigenvalue weighted by molar-refractivity contribution is 0.565. The van der Waals surface area contributed by atoms with Crippen molar-refractivity contribution in [1.82, 2.24) is 14.7 Å². The molecule has 1 aromatic heterocycles. The highest BCUT2D eigenvalue weighted by Crippen LogP contribution is 2.16. The number of hydrogen-bond acceptors (Lipinski definition) is 5. The smallest absolute Gasteiger partial charge is 0.225 e. The van der Waals surface area contributed by atoms with Gasteiger partial charge in [-0.05, 0) is 43.0 Å². The van der Waals surface area contributed by atoms with E-state index < -0.39 is 10.0 Å². The summed E-state index contributed by atoms with van der Waals surface area (Å²) in [5.74, 6) is 0.559. The Labute approximate surface area is 153 Å². The van der Waals surface area contributed by atoms with Crippen molar-refractivity contribution in [2.45, 2.75) is 31.6 Å². The van der Waals surface area contributed by atoms with E-state index in [-0.39, 0.29) is 12.3 Å². The third-order valence-corrected chi connectivity index (χ3v) is 5.59. The third kappa shape index (κ3) is 5.39. The van der Waals surface area contributed by atoms with Gasteiger partial charge >= 0.3 is 0 Å². The van der Waals surface area contributed by atoms with E-state index >= 15 is 0 Å². The molecule has 0 spiro atoms. The second kappa shape index (κ2) is 8.12. The number of aromatic nitrogens is 2. The van der Waals surface area contributed by atoms with Crippen molar-refractivity contribution >= 4 is 27.6 Å². The summed E-state index contributed by atoms with van der Waals surface area (Å²) in [5, 5.41) is 0.523. The minimum absolute atomic E-state index is 0.113. The number of rotatable bonds is 6. The van der Waals surface area contributed by atoms with Crippen molar-refractivity contribution in [2.75, 3.05) is 18.0 Å². The second-order valence-corrected chi connectivity index (χ2v) is 8.35. The second-order valence-electron chi connectivity index (χ2n) is 6.11. The van der Waals surface area contributed by atoms with E-state index in [2.05, 4.69) is 19.6 Å². The first-order chi connectivity index (χ1) is 12.0. The van der Waals surface area contributed by atoms with Crippen molar-refractivity contribution in [1.29, 1.82) is 0 Å². The van der Waals surface area contributed by atoms with Gasteiger partial charge in [0.15, 0.2) is 0 Å². The van der Waals surface area contributed by atoms with Gasteiger partial charge in [0.2, 0.25) is 16.0 Å². The number of nitrogens with one attached hydrogen (secondary N) is 1. The summed E-state index contributed by atoms with van der Waals surface area (Å²) in [7, 11) is -3.47. The zero-order valence-corrected chi connectivity index (χ0v) is 15.4. The normalized spacial score (nSPS) is 15.3. The maximum atomic E-state index is 12.3. The molecule has 0 atom stereocenters. The molecule has 1 aliphatic heterocycles. The van der Waals surface area contributed by atoms with Crippen LogP contribution in [0.5, 0.6) is 0 Å². The molecule has 2 heterocycles. The molecule has 1 aliphatic rings. The predicted octanol–water partition coefficient (Wildman–Crippen LogP) is 2.74. The van der Waals surface area contributed by atoms with Crippen LogP contribution in [0.1, 0.15) is 30.5 Å². The van der Waals surface area contributed by atoms with Crippen molar-refractivity contribution in [3.8, 4) is 0 Å². The number of halogens is 1. The summed E-state index contributed by atoms with van der Waals surface area (Å²) in [6.07, 6.45) is 5.19. The van der Waals surface area contributed by atoms with Crippen molar-refractivity contribution in [2.24, 2.45) is 0 Å². The van der Waals surface area contributed by atoms with Gasteiger partial charge in [-0.1, -0.05) is 23.7 Å². The Bertz CT molecular complexity index is 823.